The predicted molar refractivity (Wildman–Crippen MR) is 91.9 cm³/mol. The molecule has 2 aromatic heterocycles. The first-order chi connectivity index (χ1) is 10.6. The average Bonchev–Trinajstić information content (AvgIpc) is 2.94. The van der Waals surface area contributed by atoms with Crippen molar-refractivity contribution < 1.29 is 0 Å². The molecule has 1 aromatic carbocycles. The van der Waals surface area contributed by atoms with E-state index in [1.165, 1.54) is 11.3 Å². The lowest BCUT2D eigenvalue weighted by atomic mass is 10.1. The normalized spacial score (nSPS) is 19.5. The van der Waals surface area contributed by atoms with E-state index in [0.29, 0.717) is 11.9 Å². The predicted octanol–water partition coefficient (Wildman–Crippen LogP) is 4.32. The first-order valence-corrected chi connectivity index (χ1v) is 8.60. The van der Waals surface area contributed by atoms with E-state index in [4.69, 9.17) is 23.2 Å². The van der Waals surface area contributed by atoms with E-state index < -0.39 is 4.33 Å². The zero-order valence-corrected chi connectivity index (χ0v) is 13.8. The summed E-state index contributed by atoms with van der Waals surface area (Å²) in [5.41, 5.74) is 1.94. The van der Waals surface area contributed by atoms with Crippen LogP contribution in [0.1, 0.15) is 6.42 Å². The molecule has 0 spiro atoms. The fraction of sp³-hybridized carbons (Fsp3) is 0.250. The van der Waals surface area contributed by atoms with Gasteiger partial charge in [-0.3, -0.25) is 9.36 Å². The van der Waals surface area contributed by atoms with Gasteiger partial charge in [0.05, 0.1) is 11.7 Å². The minimum Gasteiger partial charge on any atom is -0.298 e. The summed E-state index contributed by atoms with van der Waals surface area (Å²) in [4.78, 5) is 18.0. The summed E-state index contributed by atoms with van der Waals surface area (Å²) in [6, 6.07) is 9.90. The zero-order chi connectivity index (χ0) is 15.3. The van der Waals surface area contributed by atoms with E-state index in [1.54, 1.807) is 10.9 Å². The SMILES string of the molecule is O=c1c2c(-c3ccccc3)csc2ncn1C[C@@H]1CC1(Cl)Cl. The standard InChI is InChI=1S/C16H12Cl2N2OS/c17-16(18)6-11(16)7-20-9-19-14-13(15(20)21)12(8-22-14)10-4-2-1-3-5-10/h1-5,8-9,11H,6-7H2/t11-/m0/s1. The second-order valence-electron chi connectivity index (χ2n) is 5.56. The van der Waals surface area contributed by atoms with E-state index in [-0.39, 0.29) is 11.5 Å². The molecule has 1 saturated carbocycles. The van der Waals surface area contributed by atoms with E-state index >= 15 is 0 Å². The van der Waals surface area contributed by atoms with Gasteiger partial charge in [0.25, 0.3) is 5.56 Å². The maximum Gasteiger partial charge on any atom is 0.262 e. The third-order valence-electron chi connectivity index (χ3n) is 4.02. The number of hydrogen-bond acceptors (Lipinski definition) is 3. The van der Waals surface area contributed by atoms with Crippen LogP contribution >= 0.6 is 34.5 Å². The Bertz CT molecular complexity index is 901. The van der Waals surface area contributed by atoms with Gasteiger partial charge in [-0.2, -0.15) is 0 Å². The van der Waals surface area contributed by atoms with Gasteiger partial charge < -0.3 is 0 Å². The molecular weight excluding hydrogens is 339 g/mol. The van der Waals surface area contributed by atoms with Crippen molar-refractivity contribution in [3.8, 4) is 11.1 Å². The molecule has 0 amide bonds. The fourth-order valence-corrected chi connectivity index (χ4v) is 4.05. The van der Waals surface area contributed by atoms with Crippen molar-refractivity contribution in [2.75, 3.05) is 0 Å². The largest absolute Gasteiger partial charge is 0.298 e. The Morgan fingerprint density at radius 3 is 2.73 bits per heavy atom. The van der Waals surface area contributed by atoms with Gasteiger partial charge in [-0.1, -0.05) is 30.3 Å². The van der Waals surface area contributed by atoms with Crippen LogP contribution in [0.2, 0.25) is 0 Å². The third-order valence-corrected chi connectivity index (χ3v) is 5.83. The first kappa shape index (κ1) is 14.2. The zero-order valence-electron chi connectivity index (χ0n) is 11.5. The van der Waals surface area contributed by atoms with Crippen molar-refractivity contribution in [1.82, 2.24) is 9.55 Å². The molecule has 3 nitrogen and oxygen atoms in total. The Kier molecular flexibility index (Phi) is 3.29. The molecule has 0 radical (unpaired) electrons. The summed E-state index contributed by atoms with van der Waals surface area (Å²) in [6.07, 6.45) is 2.31. The second-order valence-corrected chi connectivity index (χ2v) is 7.96. The lowest BCUT2D eigenvalue weighted by molar-refractivity contribution is 0.597. The monoisotopic (exact) mass is 350 g/mol. The minimum atomic E-state index is -0.689. The maximum atomic E-state index is 12.8. The van der Waals surface area contributed by atoms with Gasteiger partial charge >= 0.3 is 0 Å². The molecule has 0 bridgehead atoms. The van der Waals surface area contributed by atoms with Crippen LogP contribution in [0.15, 0.2) is 46.8 Å². The summed E-state index contributed by atoms with van der Waals surface area (Å²) in [6.45, 7) is 0.513. The summed E-state index contributed by atoms with van der Waals surface area (Å²) in [5, 5.41) is 2.66. The molecule has 1 aliphatic rings. The highest BCUT2D eigenvalue weighted by Gasteiger charge is 2.51. The molecular formula is C16H12Cl2N2OS. The van der Waals surface area contributed by atoms with Crippen LogP contribution in [0.25, 0.3) is 21.3 Å². The number of benzene rings is 1. The quantitative estimate of drug-likeness (QED) is 0.659. The van der Waals surface area contributed by atoms with E-state index in [1.807, 2.05) is 35.7 Å². The van der Waals surface area contributed by atoms with Gasteiger partial charge in [0.15, 0.2) is 0 Å². The van der Waals surface area contributed by atoms with E-state index in [9.17, 15) is 4.79 Å². The Balaban J connectivity index is 1.82. The van der Waals surface area contributed by atoms with Crippen LogP contribution in [0.4, 0.5) is 0 Å². The van der Waals surface area contributed by atoms with E-state index in [0.717, 1.165) is 22.4 Å². The molecule has 2 heterocycles. The average molecular weight is 351 g/mol. The van der Waals surface area contributed by atoms with Gasteiger partial charge in [-0.15, -0.1) is 34.5 Å². The molecule has 1 fully saturated rings. The van der Waals surface area contributed by atoms with Crippen LogP contribution in [-0.4, -0.2) is 13.9 Å². The number of nitrogens with zero attached hydrogens (tertiary/aromatic N) is 2. The van der Waals surface area contributed by atoms with Crippen LogP contribution in [0.3, 0.4) is 0 Å². The molecule has 0 N–H and O–H groups in total. The van der Waals surface area contributed by atoms with Crippen molar-refractivity contribution in [3.63, 3.8) is 0 Å². The molecule has 22 heavy (non-hydrogen) atoms. The number of hydrogen-bond donors (Lipinski definition) is 0. The third kappa shape index (κ3) is 2.35. The maximum absolute atomic E-state index is 12.8. The number of fused-ring (bicyclic) bond motifs is 1. The van der Waals surface area contributed by atoms with Crippen LogP contribution in [0.5, 0.6) is 0 Å². The summed E-state index contributed by atoms with van der Waals surface area (Å²) in [7, 11) is 0. The summed E-state index contributed by atoms with van der Waals surface area (Å²) < 4.78 is 0.934. The van der Waals surface area contributed by atoms with Gasteiger partial charge in [-0.25, -0.2) is 4.98 Å². The smallest absolute Gasteiger partial charge is 0.262 e. The number of thiophene rings is 1. The topological polar surface area (TPSA) is 34.9 Å². The lowest BCUT2D eigenvalue weighted by Crippen LogP contribution is -2.22. The fourth-order valence-electron chi connectivity index (χ4n) is 2.63. The van der Waals surface area contributed by atoms with Crippen molar-refractivity contribution in [2.45, 2.75) is 17.3 Å². The first-order valence-electron chi connectivity index (χ1n) is 6.96. The van der Waals surface area contributed by atoms with Gasteiger partial charge in [-0.05, 0) is 12.0 Å². The molecule has 0 unspecified atom stereocenters. The van der Waals surface area contributed by atoms with E-state index in [2.05, 4.69) is 4.98 Å². The molecule has 112 valence electrons. The van der Waals surface area contributed by atoms with Crippen molar-refractivity contribution in [2.24, 2.45) is 5.92 Å². The molecule has 1 aliphatic carbocycles. The highest BCUT2D eigenvalue weighted by atomic mass is 35.5. The van der Waals surface area contributed by atoms with Crippen LogP contribution < -0.4 is 5.56 Å². The molecule has 1 atom stereocenters. The van der Waals surface area contributed by atoms with Crippen LogP contribution in [-0.2, 0) is 6.54 Å². The van der Waals surface area contributed by atoms with Gasteiger partial charge in [0.2, 0.25) is 0 Å². The number of aromatic nitrogens is 2. The number of halogens is 2. The Labute approximate surface area is 141 Å². The summed E-state index contributed by atoms with van der Waals surface area (Å²) >= 11 is 13.6. The summed E-state index contributed by atoms with van der Waals surface area (Å²) in [5.74, 6) is 0.117. The Hall–Kier alpha value is -1.36. The molecule has 0 aliphatic heterocycles. The molecule has 3 aromatic rings. The van der Waals surface area contributed by atoms with Crippen LogP contribution in [0, 0.1) is 5.92 Å². The molecule has 4 rings (SSSR count). The highest BCUT2D eigenvalue weighted by molar-refractivity contribution is 7.17. The second kappa shape index (κ2) is 5.08. The Morgan fingerprint density at radius 2 is 2.05 bits per heavy atom. The van der Waals surface area contributed by atoms with Crippen molar-refractivity contribution in [3.05, 3.63) is 52.4 Å². The number of rotatable bonds is 3. The van der Waals surface area contributed by atoms with Gasteiger partial charge in [0, 0.05) is 23.4 Å². The lowest BCUT2D eigenvalue weighted by Gasteiger charge is -2.06. The van der Waals surface area contributed by atoms with Crippen molar-refractivity contribution in [1.29, 1.82) is 0 Å². The minimum absolute atomic E-state index is 0.0267. The molecule has 0 saturated heterocycles. The highest BCUT2D eigenvalue weighted by Crippen LogP contribution is 2.53. The van der Waals surface area contributed by atoms with Crippen molar-refractivity contribution >= 4 is 44.8 Å². The molecule has 6 heteroatoms. The number of alkyl halides is 2. The van der Waals surface area contributed by atoms with Gasteiger partial charge in [0.1, 0.15) is 9.16 Å². The Morgan fingerprint density at radius 1 is 1.32 bits per heavy atom.